The fourth-order valence-corrected chi connectivity index (χ4v) is 4.70. The van der Waals surface area contributed by atoms with Gasteiger partial charge in [0.15, 0.2) is 5.82 Å². The third-order valence-electron chi connectivity index (χ3n) is 6.65. The van der Waals surface area contributed by atoms with Crippen LogP contribution >= 0.6 is 0 Å². The summed E-state index contributed by atoms with van der Waals surface area (Å²) < 4.78 is 39.2. The molecule has 1 aromatic carbocycles. The Kier molecular flexibility index (Phi) is 4.91. The van der Waals surface area contributed by atoms with E-state index < -0.39 is 17.7 Å². The minimum absolute atomic E-state index is 0.0282. The van der Waals surface area contributed by atoms with Crippen molar-refractivity contribution in [3.63, 3.8) is 0 Å². The van der Waals surface area contributed by atoms with Crippen molar-refractivity contribution < 1.29 is 23.1 Å². The van der Waals surface area contributed by atoms with E-state index in [2.05, 4.69) is 10.2 Å². The van der Waals surface area contributed by atoms with Crippen molar-refractivity contribution in [1.82, 2.24) is 20.1 Å². The molecule has 1 aliphatic carbocycles. The van der Waals surface area contributed by atoms with Gasteiger partial charge in [0, 0.05) is 24.1 Å². The van der Waals surface area contributed by atoms with Crippen LogP contribution in [0.25, 0.3) is 11.4 Å². The van der Waals surface area contributed by atoms with Crippen molar-refractivity contribution >= 4 is 5.91 Å². The number of halogens is 3. The lowest BCUT2D eigenvalue weighted by atomic mass is 9.74. The van der Waals surface area contributed by atoms with Gasteiger partial charge >= 0.3 is 6.18 Å². The molecule has 30 heavy (non-hydrogen) atoms. The van der Waals surface area contributed by atoms with E-state index >= 15 is 0 Å². The molecule has 162 valence electrons. The second-order valence-electron chi connectivity index (χ2n) is 8.72. The summed E-state index contributed by atoms with van der Waals surface area (Å²) in [5, 5.41) is 17.2. The number of aliphatic hydroxyl groups is 1. The fourth-order valence-electron chi connectivity index (χ4n) is 4.70. The number of H-pyrrole nitrogens is 1. The van der Waals surface area contributed by atoms with Crippen molar-refractivity contribution in [3.05, 3.63) is 36.2 Å². The van der Waals surface area contributed by atoms with Crippen LogP contribution in [0.2, 0.25) is 0 Å². The van der Waals surface area contributed by atoms with Gasteiger partial charge in [-0.15, -0.1) is 0 Å². The summed E-state index contributed by atoms with van der Waals surface area (Å²) in [4.78, 5) is 18.2. The molecule has 1 saturated carbocycles. The maximum absolute atomic E-state index is 13.1. The Balaban J connectivity index is 1.49. The molecule has 2 aromatic rings. The summed E-state index contributed by atoms with van der Waals surface area (Å²) in [5.74, 6) is 0.295. The number of carbonyl (C=O) groups excluding carboxylic acids is 1. The summed E-state index contributed by atoms with van der Waals surface area (Å²) in [7, 11) is 0. The molecule has 2 aliphatic rings. The Morgan fingerprint density at radius 2 is 1.93 bits per heavy atom. The Hall–Kier alpha value is -2.42. The monoisotopic (exact) mass is 422 g/mol. The fraction of sp³-hybridized carbons (Fsp3) is 0.571. The largest absolute Gasteiger partial charge is 0.426 e. The lowest BCUT2D eigenvalue weighted by molar-refractivity contribution is -0.251. The van der Waals surface area contributed by atoms with E-state index in [9.17, 15) is 23.1 Å². The van der Waals surface area contributed by atoms with Crippen LogP contribution in [0.4, 0.5) is 13.2 Å². The van der Waals surface area contributed by atoms with Crippen LogP contribution in [0.15, 0.2) is 30.3 Å². The number of aromatic amines is 1. The molecule has 0 unspecified atom stereocenters. The quantitative estimate of drug-likeness (QED) is 0.792. The Morgan fingerprint density at radius 3 is 2.50 bits per heavy atom. The van der Waals surface area contributed by atoms with Gasteiger partial charge in [-0.05, 0) is 38.0 Å². The number of rotatable bonds is 4. The Bertz CT molecular complexity index is 922. The van der Waals surface area contributed by atoms with Crippen molar-refractivity contribution in [1.29, 1.82) is 0 Å². The third-order valence-corrected chi connectivity index (χ3v) is 6.65. The van der Waals surface area contributed by atoms with Gasteiger partial charge in [0.25, 0.3) is 5.91 Å². The van der Waals surface area contributed by atoms with Gasteiger partial charge < -0.3 is 10.0 Å². The number of aromatic nitrogens is 3. The minimum atomic E-state index is -5.00. The lowest BCUT2D eigenvalue weighted by Gasteiger charge is -2.42. The molecule has 0 spiro atoms. The highest BCUT2D eigenvalue weighted by Gasteiger charge is 2.59. The number of nitrogens with zero attached hydrogens (tertiary/aromatic N) is 3. The van der Waals surface area contributed by atoms with Crippen LogP contribution in [-0.2, 0) is 10.2 Å². The molecule has 1 saturated heterocycles. The van der Waals surface area contributed by atoms with Crippen LogP contribution in [0, 0.1) is 11.8 Å². The predicted octanol–water partition coefficient (Wildman–Crippen LogP) is 3.30. The summed E-state index contributed by atoms with van der Waals surface area (Å²) in [6, 6.07) is 9.63. The van der Waals surface area contributed by atoms with Crippen LogP contribution < -0.4 is 0 Å². The number of piperidine rings is 1. The molecular weight excluding hydrogens is 397 g/mol. The van der Waals surface area contributed by atoms with E-state index in [-0.39, 0.29) is 30.3 Å². The highest BCUT2D eigenvalue weighted by atomic mass is 19.4. The van der Waals surface area contributed by atoms with E-state index in [1.807, 2.05) is 37.3 Å². The molecular formula is C21H25F3N4O2. The first kappa shape index (κ1) is 20.8. The molecule has 0 radical (unpaired) electrons. The molecule has 2 heterocycles. The number of hydrogen-bond donors (Lipinski definition) is 2. The van der Waals surface area contributed by atoms with Gasteiger partial charge in [-0.25, -0.2) is 4.98 Å². The molecule has 1 aromatic heterocycles. The molecule has 1 amide bonds. The Morgan fingerprint density at radius 1 is 1.27 bits per heavy atom. The standard InChI is InChI=1S/C21H25F3N4O2/c1-13-12-28(18(29)19(2,30)21(22,23)24)11-8-15(13)20(9-10-20)17-25-16(26-27-17)14-6-4-3-5-7-14/h3-7,13,15,30H,8-12H2,1-2H3,(H,25,26,27)/t13-,15+,19-/m1/s1. The lowest BCUT2D eigenvalue weighted by Crippen LogP contribution is -2.59. The van der Waals surface area contributed by atoms with Crippen molar-refractivity contribution in [2.24, 2.45) is 11.8 Å². The third kappa shape index (κ3) is 3.38. The average molecular weight is 422 g/mol. The number of hydrogen-bond acceptors (Lipinski definition) is 4. The molecule has 0 bridgehead atoms. The number of amides is 1. The Labute approximate surface area is 172 Å². The number of nitrogens with one attached hydrogen (secondary N) is 1. The molecule has 1 aliphatic heterocycles. The van der Waals surface area contributed by atoms with Gasteiger partial charge in [0.05, 0.1) is 0 Å². The second-order valence-corrected chi connectivity index (χ2v) is 8.72. The van der Waals surface area contributed by atoms with Gasteiger partial charge in [0.2, 0.25) is 5.60 Å². The number of likely N-dealkylation sites (tertiary alicyclic amines) is 1. The zero-order chi connectivity index (χ0) is 21.7. The maximum atomic E-state index is 13.1. The number of carbonyl (C=O) groups is 1. The maximum Gasteiger partial charge on any atom is 0.426 e. The van der Waals surface area contributed by atoms with Crippen molar-refractivity contribution in [2.75, 3.05) is 13.1 Å². The van der Waals surface area contributed by atoms with Crippen LogP contribution in [-0.4, -0.2) is 56.0 Å². The van der Waals surface area contributed by atoms with E-state index in [0.29, 0.717) is 19.2 Å². The number of benzene rings is 1. The summed E-state index contributed by atoms with van der Waals surface area (Å²) in [6.45, 7) is 2.83. The van der Waals surface area contributed by atoms with Crippen LogP contribution in [0.5, 0.6) is 0 Å². The van der Waals surface area contributed by atoms with Gasteiger partial charge in [-0.1, -0.05) is 37.3 Å². The normalized spacial score (nSPS) is 25.6. The second kappa shape index (κ2) is 7.08. The average Bonchev–Trinajstić information content (AvgIpc) is 3.35. The molecule has 2 N–H and O–H groups in total. The molecule has 2 fully saturated rings. The zero-order valence-electron chi connectivity index (χ0n) is 16.9. The molecule has 6 nitrogen and oxygen atoms in total. The van der Waals surface area contributed by atoms with Gasteiger partial charge in [0.1, 0.15) is 5.82 Å². The van der Waals surface area contributed by atoms with E-state index in [4.69, 9.17) is 4.98 Å². The van der Waals surface area contributed by atoms with Gasteiger partial charge in [-0.2, -0.15) is 18.3 Å². The first-order chi connectivity index (χ1) is 14.1. The van der Waals surface area contributed by atoms with Crippen molar-refractivity contribution in [2.45, 2.75) is 50.3 Å². The zero-order valence-corrected chi connectivity index (χ0v) is 16.9. The van der Waals surface area contributed by atoms with Crippen molar-refractivity contribution in [3.8, 4) is 11.4 Å². The highest BCUT2D eigenvalue weighted by Crippen LogP contribution is 2.57. The summed E-state index contributed by atoms with van der Waals surface area (Å²) >= 11 is 0. The summed E-state index contributed by atoms with van der Waals surface area (Å²) in [5.41, 5.74) is -2.63. The van der Waals surface area contributed by atoms with Crippen LogP contribution in [0.3, 0.4) is 0 Å². The number of alkyl halides is 3. The molecule has 3 atom stereocenters. The van der Waals surface area contributed by atoms with Crippen LogP contribution in [0.1, 0.15) is 38.9 Å². The molecule has 4 rings (SSSR count). The smallest absolute Gasteiger partial charge is 0.373 e. The summed E-state index contributed by atoms with van der Waals surface area (Å²) in [6.07, 6.45) is -2.59. The van der Waals surface area contributed by atoms with E-state index in [1.165, 1.54) is 0 Å². The van der Waals surface area contributed by atoms with E-state index in [1.54, 1.807) is 0 Å². The first-order valence-corrected chi connectivity index (χ1v) is 10.1. The first-order valence-electron chi connectivity index (χ1n) is 10.1. The highest BCUT2D eigenvalue weighted by molar-refractivity contribution is 5.85. The topological polar surface area (TPSA) is 82.1 Å². The van der Waals surface area contributed by atoms with E-state index in [0.717, 1.165) is 29.1 Å². The minimum Gasteiger partial charge on any atom is -0.373 e. The van der Waals surface area contributed by atoms with Gasteiger partial charge in [-0.3, -0.25) is 9.89 Å². The predicted molar refractivity (Wildman–Crippen MR) is 103 cm³/mol. The SMILES string of the molecule is C[C@@H]1CN(C(=O)[C@@](C)(O)C(F)(F)F)CC[C@@H]1C1(c2nc(-c3ccccc3)n[nH]2)CC1. The molecule has 9 heteroatoms.